The number of nitrogens with zero attached hydrogens (tertiary/aromatic N) is 1. The molecule has 0 radical (unpaired) electrons. The zero-order chi connectivity index (χ0) is 19.3. The fourth-order valence-electron chi connectivity index (χ4n) is 2.87. The van der Waals surface area contributed by atoms with Gasteiger partial charge in [-0.2, -0.15) is 0 Å². The van der Waals surface area contributed by atoms with Gasteiger partial charge in [0, 0.05) is 13.1 Å². The van der Waals surface area contributed by atoms with E-state index in [1.807, 2.05) is 13.8 Å². The number of benzene rings is 1. The summed E-state index contributed by atoms with van der Waals surface area (Å²) in [4.78, 5) is 27.6. The second-order valence-electron chi connectivity index (χ2n) is 5.87. The standard InChI is InChI=1S/C18H25NO6S/c1-5-19(6-2)16(21)10-18(17(22)24-4)15(20)11-25-13-8-7-12(23-3)9-14(13)26-18/h7-9,15,20H,5-6,10-11H2,1-4H3. The van der Waals surface area contributed by atoms with Crippen molar-refractivity contribution >= 4 is 23.6 Å². The molecule has 0 fully saturated rings. The molecule has 1 heterocycles. The molecule has 2 atom stereocenters. The van der Waals surface area contributed by atoms with Crippen molar-refractivity contribution in [1.82, 2.24) is 4.90 Å². The number of thioether (sulfide) groups is 1. The van der Waals surface area contributed by atoms with E-state index in [9.17, 15) is 14.7 Å². The highest BCUT2D eigenvalue weighted by atomic mass is 32.2. The second kappa shape index (κ2) is 8.64. The molecule has 144 valence electrons. The van der Waals surface area contributed by atoms with E-state index in [4.69, 9.17) is 14.2 Å². The van der Waals surface area contributed by atoms with Crippen LogP contribution in [0.3, 0.4) is 0 Å². The summed E-state index contributed by atoms with van der Waals surface area (Å²) in [6, 6.07) is 5.17. The van der Waals surface area contributed by atoms with E-state index in [0.717, 1.165) is 11.8 Å². The third-order valence-corrected chi connectivity index (χ3v) is 5.93. The maximum atomic E-state index is 12.7. The lowest BCUT2D eigenvalue weighted by molar-refractivity contribution is -0.151. The zero-order valence-electron chi connectivity index (χ0n) is 15.5. The van der Waals surface area contributed by atoms with E-state index < -0.39 is 16.8 Å². The topological polar surface area (TPSA) is 85.3 Å². The highest BCUT2D eigenvalue weighted by molar-refractivity contribution is 8.01. The van der Waals surface area contributed by atoms with Crippen LogP contribution in [-0.2, 0) is 14.3 Å². The third kappa shape index (κ3) is 3.91. The summed E-state index contributed by atoms with van der Waals surface area (Å²) in [5.41, 5.74) is 0. The molecule has 8 heteroatoms. The summed E-state index contributed by atoms with van der Waals surface area (Å²) >= 11 is 1.09. The van der Waals surface area contributed by atoms with Crippen LogP contribution in [0, 0.1) is 0 Å². The number of aliphatic hydroxyl groups excluding tert-OH is 1. The Bertz CT molecular complexity index is 663. The molecule has 0 saturated carbocycles. The average molecular weight is 383 g/mol. The lowest BCUT2D eigenvalue weighted by Gasteiger charge is -2.33. The summed E-state index contributed by atoms with van der Waals surface area (Å²) in [6.07, 6.45) is -1.40. The fourth-order valence-corrected chi connectivity index (χ4v) is 4.23. The van der Waals surface area contributed by atoms with Crippen molar-refractivity contribution in [3.63, 3.8) is 0 Å². The Labute approximate surface area is 157 Å². The SMILES string of the molecule is CCN(CC)C(=O)CC1(C(=O)OC)Sc2cc(OC)ccc2OCC1O. The smallest absolute Gasteiger partial charge is 0.325 e. The highest BCUT2D eigenvalue weighted by Crippen LogP contribution is 2.47. The van der Waals surface area contributed by atoms with Gasteiger partial charge in [0.15, 0.2) is 4.75 Å². The summed E-state index contributed by atoms with van der Waals surface area (Å²) in [5.74, 6) is 0.231. The van der Waals surface area contributed by atoms with E-state index in [-0.39, 0.29) is 18.9 Å². The van der Waals surface area contributed by atoms with Crippen molar-refractivity contribution in [2.45, 2.75) is 36.0 Å². The molecule has 1 aliphatic rings. The molecule has 1 aromatic rings. The van der Waals surface area contributed by atoms with E-state index in [2.05, 4.69) is 0 Å². The van der Waals surface area contributed by atoms with Gasteiger partial charge in [0.1, 0.15) is 24.2 Å². The van der Waals surface area contributed by atoms with Gasteiger partial charge in [-0.3, -0.25) is 9.59 Å². The lowest BCUT2D eigenvalue weighted by Crippen LogP contribution is -2.52. The number of esters is 1. The van der Waals surface area contributed by atoms with Crippen LogP contribution >= 0.6 is 11.8 Å². The average Bonchev–Trinajstić information content (AvgIpc) is 2.79. The van der Waals surface area contributed by atoms with Gasteiger partial charge in [0.05, 0.1) is 25.5 Å². The fraction of sp³-hybridized carbons (Fsp3) is 0.556. The van der Waals surface area contributed by atoms with Gasteiger partial charge < -0.3 is 24.2 Å². The van der Waals surface area contributed by atoms with Crippen molar-refractivity contribution in [3.05, 3.63) is 18.2 Å². The van der Waals surface area contributed by atoms with Crippen molar-refractivity contribution in [2.24, 2.45) is 0 Å². The minimum Gasteiger partial charge on any atom is -0.497 e. The normalized spacial score (nSPS) is 21.8. The molecule has 0 bridgehead atoms. The van der Waals surface area contributed by atoms with Gasteiger partial charge in [0.2, 0.25) is 5.91 Å². The minimum atomic E-state index is -1.49. The van der Waals surface area contributed by atoms with Gasteiger partial charge in [-0.25, -0.2) is 0 Å². The van der Waals surface area contributed by atoms with Gasteiger partial charge in [-0.15, -0.1) is 0 Å². The first-order chi connectivity index (χ1) is 12.4. The number of aliphatic hydroxyl groups is 1. The zero-order valence-corrected chi connectivity index (χ0v) is 16.3. The first-order valence-corrected chi connectivity index (χ1v) is 9.27. The Kier molecular flexibility index (Phi) is 6.77. The summed E-state index contributed by atoms with van der Waals surface area (Å²) < 4.78 is 14.3. The van der Waals surface area contributed by atoms with Crippen LogP contribution in [0.2, 0.25) is 0 Å². The van der Waals surface area contributed by atoms with Crippen molar-refractivity contribution in [2.75, 3.05) is 33.9 Å². The number of hydrogen-bond donors (Lipinski definition) is 1. The van der Waals surface area contributed by atoms with Crippen LogP contribution in [0.25, 0.3) is 0 Å². The van der Waals surface area contributed by atoms with Gasteiger partial charge in [-0.05, 0) is 32.0 Å². The molecule has 7 nitrogen and oxygen atoms in total. The molecule has 2 unspecified atom stereocenters. The molecule has 26 heavy (non-hydrogen) atoms. The van der Waals surface area contributed by atoms with Gasteiger partial charge >= 0.3 is 5.97 Å². The number of ether oxygens (including phenoxy) is 3. The number of fused-ring (bicyclic) bond motifs is 1. The molecular formula is C18H25NO6S. The molecule has 0 saturated heterocycles. The Morgan fingerprint density at radius 1 is 1.35 bits per heavy atom. The first-order valence-electron chi connectivity index (χ1n) is 8.45. The van der Waals surface area contributed by atoms with Crippen molar-refractivity contribution in [3.8, 4) is 11.5 Å². The van der Waals surface area contributed by atoms with E-state index in [1.165, 1.54) is 14.2 Å². The molecule has 1 aromatic carbocycles. The highest BCUT2D eigenvalue weighted by Gasteiger charge is 2.51. The Hall–Kier alpha value is -1.93. The van der Waals surface area contributed by atoms with Crippen LogP contribution in [0.5, 0.6) is 11.5 Å². The summed E-state index contributed by atoms with van der Waals surface area (Å²) in [6.45, 7) is 4.66. The summed E-state index contributed by atoms with van der Waals surface area (Å²) in [7, 11) is 2.79. The van der Waals surface area contributed by atoms with E-state index in [0.29, 0.717) is 29.5 Å². The maximum Gasteiger partial charge on any atom is 0.325 e. The Balaban J connectivity index is 2.47. The van der Waals surface area contributed by atoms with Gasteiger partial charge in [0.25, 0.3) is 0 Å². The largest absolute Gasteiger partial charge is 0.497 e. The lowest BCUT2D eigenvalue weighted by atomic mass is 9.96. The van der Waals surface area contributed by atoms with Crippen molar-refractivity contribution < 1.29 is 28.9 Å². The molecule has 1 N–H and O–H groups in total. The minimum absolute atomic E-state index is 0.118. The number of carbonyl (C=O) groups excluding carboxylic acids is 2. The molecule has 0 aliphatic carbocycles. The van der Waals surface area contributed by atoms with Crippen LogP contribution in [0.15, 0.2) is 23.1 Å². The van der Waals surface area contributed by atoms with E-state index in [1.54, 1.807) is 23.1 Å². The number of carbonyl (C=O) groups is 2. The molecule has 0 aromatic heterocycles. The van der Waals surface area contributed by atoms with Crippen LogP contribution < -0.4 is 9.47 Å². The molecule has 2 rings (SSSR count). The summed E-state index contributed by atoms with van der Waals surface area (Å²) in [5, 5.41) is 10.7. The number of hydrogen-bond acceptors (Lipinski definition) is 7. The monoisotopic (exact) mass is 383 g/mol. The number of amides is 1. The van der Waals surface area contributed by atoms with E-state index >= 15 is 0 Å². The molecule has 0 spiro atoms. The van der Waals surface area contributed by atoms with Crippen LogP contribution in [0.1, 0.15) is 20.3 Å². The number of methoxy groups -OCH3 is 2. The predicted molar refractivity (Wildman–Crippen MR) is 97.6 cm³/mol. The van der Waals surface area contributed by atoms with Crippen molar-refractivity contribution in [1.29, 1.82) is 0 Å². The predicted octanol–water partition coefficient (Wildman–Crippen LogP) is 1.71. The van der Waals surface area contributed by atoms with Crippen LogP contribution in [-0.4, -0.2) is 66.6 Å². The Morgan fingerprint density at radius 2 is 2.04 bits per heavy atom. The van der Waals surface area contributed by atoms with Gasteiger partial charge in [-0.1, -0.05) is 11.8 Å². The quantitative estimate of drug-likeness (QED) is 0.749. The molecular weight excluding hydrogens is 358 g/mol. The molecule has 1 amide bonds. The maximum absolute atomic E-state index is 12.7. The third-order valence-electron chi connectivity index (χ3n) is 4.44. The second-order valence-corrected chi connectivity index (χ2v) is 7.24. The number of rotatable bonds is 6. The Morgan fingerprint density at radius 3 is 2.62 bits per heavy atom. The molecule has 1 aliphatic heterocycles. The first kappa shape index (κ1) is 20.4. The van der Waals surface area contributed by atoms with Crippen LogP contribution in [0.4, 0.5) is 0 Å².